The van der Waals surface area contributed by atoms with Gasteiger partial charge in [-0.2, -0.15) is 0 Å². The standard InChI is InChI=1S/C10H7ClN2O3/c1-5-2-6(3-8(11)13-5)9-7(10(14)15)4-12-16-9/h2-4H,1H3,(H,14,15). The van der Waals surface area contributed by atoms with E-state index in [1.807, 2.05) is 0 Å². The van der Waals surface area contributed by atoms with Crippen molar-refractivity contribution in [1.82, 2.24) is 10.1 Å². The van der Waals surface area contributed by atoms with Gasteiger partial charge in [0.05, 0.1) is 6.20 Å². The minimum atomic E-state index is -1.10. The molecule has 0 aliphatic rings. The Kier molecular flexibility index (Phi) is 2.62. The maximum atomic E-state index is 10.9. The van der Waals surface area contributed by atoms with E-state index in [1.54, 1.807) is 13.0 Å². The number of hydrogen-bond acceptors (Lipinski definition) is 4. The SMILES string of the molecule is Cc1cc(-c2oncc2C(=O)O)cc(Cl)n1. The average molecular weight is 239 g/mol. The van der Waals surface area contributed by atoms with Crippen LogP contribution in [0.25, 0.3) is 11.3 Å². The lowest BCUT2D eigenvalue weighted by molar-refractivity contribution is 0.0697. The van der Waals surface area contributed by atoms with E-state index in [0.29, 0.717) is 11.3 Å². The average Bonchev–Trinajstić information content (AvgIpc) is 2.63. The summed E-state index contributed by atoms with van der Waals surface area (Å²) in [4.78, 5) is 14.9. The lowest BCUT2D eigenvalue weighted by Gasteiger charge is -2.00. The number of carboxylic acids is 1. The first-order valence-electron chi connectivity index (χ1n) is 4.40. The third-order valence-corrected chi connectivity index (χ3v) is 2.18. The smallest absolute Gasteiger partial charge is 0.341 e. The number of nitrogens with zero attached hydrogens (tertiary/aromatic N) is 2. The molecule has 2 rings (SSSR count). The molecule has 2 aromatic rings. The summed E-state index contributed by atoms with van der Waals surface area (Å²) in [5.41, 5.74) is 1.23. The summed E-state index contributed by atoms with van der Waals surface area (Å²) in [5, 5.41) is 12.6. The summed E-state index contributed by atoms with van der Waals surface area (Å²) in [5.74, 6) is -0.915. The van der Waals surface area contributed by atoms with Gasteiger partial charge in [-0.1, -0.05) is 16.8 Å². The molecule has 0 saturated carbocycles. The zero-order valence-corrected chi connectivity index (χ0v) is 9.02. The molecule has 82 valence electrons. The van der Waals surface area contributed by atoms with Crippen molar-refractivity contribution >= 4 is 17.6 Å². The summed E-state index contributed by atoms with van der Waals surface area (Å²) < 4.78 is 4.90. The van der Waals surface area contributed by atoms with Gasteiger partial charge in [-0.25, -0.2) is 9.78 Å². The van der Waals surface area contributed by atoms with E-state index in [2.05, 4.69) is 10.1 Å². The molecule has 6 heteroatoms. The van der Waals surface area contributed by atoms with Crippen LogP contribution >= 0.6 is 11.6 Å². The van der Waals surface area contributed by atoms with Crippen LogP contribution in [0.15, 0.2) is 22.9 Å². The third-order valence-electron chi connectivity index (χ3n) is 1.99. The lowest BCUT2D eigenvalue weighted by atomic mass is 10.1. The number of hydrogen-bond donors (Lipinski definition) is 1. The van der Waals surface area contributed by atoms with Crippen molar-refractivity contribution in [2.24, 2.45) is 0 Å². The molecular weight excluding hydrogens is 232 g/mol. The van der Waals surface area contributed by atoms with Gasteiger partial charge >= 0.3 is 5.97 Å². The maximum absolute atomic E-state index is 10.9. The number of rotatable bonds is 2. The summed E-state index contributed by atoms with van der Waals surface area (Å²) in [6, 6.07) is 3.21. The molecule has 0 bridgehead atoms. The Balaban J connectivity index is 2.58. The Morgan fingerprint density at radius 2 is 2.25 bits per heavy atom. The maximum Gasteiger partial charge on any atom is 0.341 e. The largest absolute Gasteiger partial charge is 0.477 e. The van der Waals surface area contributed by atoms with E-state index in [9.17, 15) is 4.79 Å². The highest BCUT2D eigenvalue weighted by molar-refractivity contribution is 6.29. The lowest BCUT2D eigenvalue weighted by Crippen LogP contribution is -1.96. The van der Waals surface area contributed by atoms with Crippen LogP contribution in [-0.4, -0.2) is 21.2 Å². The first-order chi connectivity index (χ1) is 7.58. The second-order valence-corrected chi connectivity index (χ2v) is 3.58. The number of halogens is 1. The van der Waals surface area contributed by atoms with Gasteiger partial charge in [-0.15, -0.1) is 0 Å². The van der Waals surface area contributed by atoms with E-state index in [0.717, 1.165) is 6.20 Å². The Morgan fingerprint density at radius 1 is 1.50 bits per heavy atom. The molecule has 16 heavy (non-hydrogen) atoms. The van der Waals surface area contributed by atoms with Crippen LogP contribution in [0.5, 0.6) is 0 Å². The molecule has 0 radical (unpaired) electrons. The van der Waals surface area contributed by atoms with Crippen molar-refractivity contribution in [2.45, 2.75) is 6.92 Å². The number of aromatic carboxylic acids is 1. The molecule has 0 aliphatic heterocycles. The Bertz CT molecular complexity index is 530. The molecule has 1 N–H and O–H groups in total. The Labute approximate surface area is 95.7 Å². The van der Waals surface area contributed by atoms with Crippen molar-refractivity contribution in [1.29, 1.82) is 0 Å². The monoisotopic (exact) mass is 238 g/mol. The van der Waals surface area contributed by atoms with Gasteiger partial charge in [0.15, 0.2) is 5.76 Å². The van der Waals surface area contributed by atoms with Gasteiger partial charge in [-0.3, -0.25) is 0 Å². The predicted molar refractivity (Wildman–Crippen MR) is 56.4 cm³/mol. The molecule has 0 fully saturated rings. The number of pyridine rings is 1. The molecule has 2 heterocycles. The van der Waals surface area contributed by atoms with Gasteiger partial charge < -0.3 is 9.63 Å². The van der Waals surface area contributed by atoms with E-state index in [-0.39, 0.29) is 16.5 Å². The van der Waals surface area contributed by atoms with Crippen molar-refractivity contribution in [2.75, 3.05) is 0 Å². The molecule has 0 aromatic carbocycles. The molecule has 2 aromatic heterocycles. The highest BCUT2D eigenvalue weighted by Gasteiger charge is 2.17. The van der Waals surface area contributed by atoms with E-state index >= 15 is 0 Å². The van der Waals surface area contributed by atoms with Crippen LogP contribution in [0.1, 0.15) is 16.1 Å². The molecule has 0 aliphatic carbocycles. The fraction of sp³-hybridized carbons (Fsp3) is 0.100. The topological polar surface area (TPSA) is 76.2 Å². The van der Waals surface area contributed by atoms with Crippen LogP contribution in [0.4, 0.5) is 0 Å². The molecule has 0 unspecified atom stereocenters. The molecule has 0 spiro atoms. The van der Waals surface area contributed by atoms with Crippen molar-refractivity contribution in [3.8, 4) is 11.3 Å². The first-order valence-corrected chi connectivity index (χ1v) is 4.78. The van der Waals surface area contributed by atoms with Crippen molar-refractivity contribution in [3.63, 3.8) is 0 Å². The summed E-state index contributed by atoms with van der Waals surface area (Å²) >= 11 is 5.78. The number of carboxylic acid groups (broad SMARTS) is 1. The van der Waals surface area contributed by atoms with Crippen molar-refractivity contribution < 1.29 is 14.4 Å². The highest BCUT2D eigenvalue weighted by Crippen LogP contribution is 2.26. The summed E-state index contributed by atoms with van der Waals surface area (Å²) in [6.45, 7) is 1.76. The zero-order chi connectivity index (χ0) is 11.7. The number of aromatic nitrogens is 2. The summed E-state index contributed by atoms with van der Waals surface area (Å²) in [6.07, 6.45) is 1.15. The second-order valence-electron chi connectivity index (χ2n) is 3.19. The van der Waals surface area contributed by atoms with Gasteiger partial charge in [-0.05, 0) is 19.1 Å². The molecular formula is C10H7ClN2O3. The fourth-order valence-corrected chi connectivity index (χ4v) is 1.61. The van der Waals surface area contributed by atoms with Gasteiger partial charge in [0, 0.05) is 11.3 Å². The molecule has 5 nitrogen and oxygen atoms in total. The van der Waals surface area contributed by atoms with Crippen LogP contribution in [0, 0.1) is 6.92 Å². The van der Waals surface area contributed by atoms with Crippen LogP contribution in [-0.2, 0) is 0 Å². The van der Waals surface area contributed by atoms with Crippen molar-refractivity contribution in [3.05, 3.63) is 34.7 Å². The van der Waals surface area contributed by atoms with E-state index in [1.165, 1.54) is 6.07 Å². The summed E-state index contributed by atoms with van der Waals surface area (Å²) in [7, 11) is 0. The van der Waals surface area contributed by atoms with Crippen LogP contribution in [0.2, 0.25) is 5.15 Å². The number of aryl methyl sites for hydroxylation is 1. The normalized spacial score (nSPS) is 10.4. The van der Waals surface area contributed by atoms with E-state index < -0.39 is 5.97 Å². The minimum absolute atomic E-state index is 0.00154. The van der Waals surface area contributed by atoms with Crippen LogP contribution < -0.4 is 0 Å². The predicted octanol–water partition coefficient (Wildman–Crippen LogP) is 2.40. The van der Waals surface area contributed by atoms with Gasteiger partial charge in [0.2, 0.25) is 0 Å². The molecule has 0 atom stereocenters. The van der Waals surface area contributed by atoms with E-state index in [4.69, 9.17) is 21.2 Å². The zero-order valence-electron chi connectivity index (χ0n) is 8.27. The van der Waals surface area contributed by atoms with Gasteiger partial charge in [0.25, 0.3) is 0 Å². The molecule has 0 amide bonds. The quantitative estimate of drug-likeness (QED) is 0.813. The Hall–Kier alpha value is -1.88. The van der Waals surface area contributed by atoms with Gasteiger partial charge in [0.1, 0.15) is 10.7 Å². The first kappa shape index (κ1) is 10.6. The number of carbonyl (C=O) groups is 1. The van der Waals surface area contributed by atoms with Crippen LogP contribution in [0.3, 0.4) is 0 Å². The third kappa shape index (κ3) is 1.90. The highest BCUT2D eigenvalue weighted by atomic mass is 35.5. The minimum Gasteiger partial charge on any atom is -0.477 e. The second kappa shape index (κ2) is 3.94. The Morgan fingerprint density at radius 3 is 2.88 bits per heavy atom. The molecule has 0 saturated heterocycles. The fourth-order valence-electron chi connectivity index (χ4n) is 1.36.